The van der Waals surface area contributed by atoms with Gasteiger partial charge in [0.25, 0.3) is 0 Å². The lowest BCUT2D eigenvalue weighted by Gasteiger charge is -2.24. The number of rotatable bonds is 5. The highest BCUT2D eigenvalue weighted by atomic mass is 19.1. The molecule has 0 spiro atoms. The van der Waals surface area contributed by atoms with E-state index in [0.717, 1.165) is 12.1 Å². The average molecular weight is 296 g/mol. The van der Waals surface area contributed by atoms with Crippen molar-refractivity contribution in [3.63, 3.8) is 0 Å². The second-order valence-electron chi connectivity index (χ2n) is 6.11. The molecule has 0 aliphatic rings. The highest BCUT2D eigenvalue weighted by Gasteiger charge is 2.25. The fraction of sp³-hybridized carbons (Fsp3) is 0.467. The fourth-order valence-corrected chi connectivity index (χ4v) is 2.02. The van der Waals surface area contributed by atoms with Gasteiger partial charge < -0.3 is 10.4 Å². The number of hydrogen-bond acceptors (Lipinski definition) is 3. The van der Waals surface area contributed by atoms with Crippen LogP contribution in [-0.2, 0) is 4.79 Å². The molecule has 0 aromatic heterocycles. The minimum atomic E-state index is -1.02. The monoisotopic (exact) mass is 296 g/mol. The first-order valence-electron chi connectivity index (χ1n) is 6.50. The van der Waals surface area contributed by atoms with E-state index in [9.17, 15) is 13.6 Å². The molecule has 0 saturated heterocycles. The van der Waals surface area contributed by atoms with Gasteiger partial charge in [-0.3, -0.25) is 4.79 Å². The van der Waals surface area contributed by atoms with Gasteiger partial charge >= 0.3 is 5.97 Å². The van der Waals surface area contributed by atoms with Crippen molar-refractivity contribution in [2.45, 2.75) is 27.2 Å². The number of hydrogen-bond donors (Lipinski definition) is 2. The van der Waals surface area contributed by atoms with Gasteiger partial charge in [0, 0.05) is 6.54 Å². The van der Waals surface area contributed by atoms with Crippen LogP contribution >= 0.6 is 0 Å². The van der Waals surface area contributed by atoms with Gasteiger partial charge in [-0.15, -0.1) is 0 Å². The maximum Gasteiger partial charge on any atom is 0.308 e. The second-order valence-corrected chi connectivity index (χ2v) is 6.11. The van der Waals surface area contributed by atoms with E-state index in [4.69, 9.17) is 10.4 Å². The molecule has 21 heavy (non-hydrogen) atoms. The van der Waals surface area contributed by atoms with Crippen LogP contribution in [0.15, 0.2) is 12.1 Å². The highest BCUT2D eigenvalue weighted by molar-refractivity contribution is 5.71. The summed E-state index contributed by atoms with van der Waals surface area (Å²) in [6.07, 6.45) is 0.370. The Hall–Kier alpha value is -2.16. The molecule has 0 aliphatic carbocycles. The summed E-state index contributed by atoms with van der Waals surface area (Å²) in [6.45, 7) is 5.59. The van der Waals surface area contributed by atoms with Crippen LogP contribution in [0.5, 0.6) is 0 Å². The lowest BCUT2D eigenvalue weighted by molar-refractivity contribution is -0.142. The maximum absolute atomic E-state index is 13.7. The van der Waals surface area contributed by atoms with Crippen molar-refractivity contribution in [2.24, 2.45) is 11.3 Å². The average Bonchev–Trinajstić information content (AvgIpc) is 2.34. The standard InChI is InChI=1S/C15H18F2N2O2/c1-15(2,3)6-10(14(20)21)8-19-13-11(16)4-9(7-18)5-12(13)17/h4-5,10,19H,6,8H2,1-3H3,(H,20,21). The van der Waals surface area contributed by atoms with Crippen molar-refractivity contribution in [1.82, 2.24) is 0 Å². The first-order chi connectivity index (χ1) is 9.64. The number of halogens is 2. The topological polar surface area (TPSA) is 73.1 Å². The minimum Gasteiger partial charge on any atom is -0.481 e. The van der Waals surface area contributed by atoms with Gasteiger partial charge in [0.2, 0.25) is 0 Å². The number of benzene rings is 1. The number of nitrogens with one attached hydrogen (secondary N) is 1. The van der Waals surface area contributed by atoms with Crippen LogP contribution in [-0.4, -0.2) is 17.6 Å². The van der Waals surface area contributed by atoms with Gasteiger partial charge in [-0.1, -0.05) is 20.8 Å². The lowest BCUT2D eigenvalue weighted by Crippen LogP contribution is -2.28. The van der Waals surface area contributed by atoms with Crippen molar-refractivity contribution in [2.75, 3.05) is 11.9 Å². The molecule has 1 rings (SSSR count). The summed E-state index contributed by atoms with van der Waals surface area (Å²) in [5.74, 6) is -3.61. The van der Waals surface area contributed by atoms with Gasteiger partial charge in [-0.2, -0.15) is 5.26 Å². The van der Waals surface area contributed by atoms with Gasteiger partial charge in [-0.05, 0) is 24.0 Å². The number of carboxylic acid groups (broad SMARTS) is 1. The molecule has 0 aliphatic heterocycles. The van der Waals surface area contributed by atoms with Gasteiger partial charge in [0.1, 0.15) is 5.69 Å². The summed E-state index contributed by atoms with van der Waals surface area (Å²) < 4.78 is 27.4. The summed E-state index contributed by atoms with van der Waals surface area (Å²) in [5.41, 5.74) is -0.749. The van der Waals surface area contributed by atoms with Crippen molar-refractivity contribution in [3.05, 3.63) is 29.3 Å². The predicted octanol–water partition coefficient (Wildman–Crippen LogP) is 3.39. The van der Waals surface area contributed by atoms with E-state index in [1.807, 2.05) is 20.8 Å². The molecule has 0 saturated carbocycles. The molecule has 0 amide bonds. The van der Waals surface area contributed by atoms with Crippen LogP contribution in [0.2, 0.25) is 0 Å². The number of nitrogens with zero attached hydrogens (tertiary/aromatic N) is 1. The molecule has 1 unspecified atom stereocenters. The molecule has 0 fully saturated rings. The maximum atomic E-state index is 13.7. The molecule has 4 nitrogen and oxygen atoms in total. The lowest BCUT2D eigenvalue weighted by atomic mass is 9.84. The number of carboxylic acids is 1. The summed E-state index contributed by atoms with van der Waals surface area (Å²) in [4.78, 5) is 11.2. The third-order valence-electron chi connectivity index (χ3n) is 2.90. The number of anilines is 1. The second kappa shape index (κ2) is 6.53. The van der Waals surface area contributed by atoms with Crippen LogP contribution < -0.4 is 5.32 Å². The molecule has 1 aromatic rings. The highest BCUT2D eigenvalue weighted by Crippen LogP contribution is 2.26. The van der Waals surface area contributed by atoms with E-state index < -0.39 is 29.2 Å². The Morgan fingerprint density at radius 1 is 1.38 bits per heavy atom. The van der Waals surface area contributed by atoms with Crippen LogP contribution in [0.1, 0.15) is 32.8 Å². The number of aliphatic carboxylic acids is 1. The Morgan fingerprint density at radius 2 is 1.90 bits per heavy atom. The summed E-state index contributed by atoms with van der Waals surface area (Å²) in [6, 6.07) is 3.46. The van der Waals surface area contributed by atoms with Crippen LogP contribution in [0.25, 0.3) is 0 Å². The Morgan fingerprint density at radius 3 is 2.29 bits per heavy atom. The van der Waals surface area contributed by atoms with E-state index >= 15 is 0 Å². The van der Waals surface area contributed by atoms with E-state index in [0.29, 0.717) is 6.42 Å². The molecule has 6 heteroatoms. The van der Waals surface area contributed by atoms with Crippen LogP contribution in [0.3, 0.4) is 0 Å². The first kappa shape index (κ1) is 16.9. The van der Waals surface area contributed by atoms with Gasteiger partial charge in [0.05, 0.1) is 17.6 Å². The summed E-state index contributed by atoms with van der Waals surface area (Å²) >= 11 is 0. The van der Waals surface area contributed by atoms with E-state index in [1.54, 1.807) is 6.07 Å². The van der Waals surface area contributed by atoms with Crippen molar-refractivity contribution in [1.29, 1.82) is 5.26 Å². The molecule has 114 valence electrons. The predicted molar refractivity (Wildman–Crippen MR) is 74.8 cm³/mol. The molecule has 0 bridgehead atoms. The van der Waals surface area contributed by atoms with E-state index in [1.165, 1.54) is 0 Å². The van der Waals surface area contributed by atoms with E-state index in [-0.39, 0.29) is 17.5 Å². The third kappa shape index (κ3) is 5.03. The van der Waals surface area contributed by atoms with E-state index in [2.05, 4.69) is 5.32 Å². The van der Waals surface area contributed by atoms with Crippen LogP contribution in [0.4, 0.5) is 14.5 Å². The molecule has 0 radical (unpaired) electrons. The number of nitriles is 1. The Labute approximate surface area is 122 Å². The number of carbonyl (C=O) groups is 1. The molecule has 1 atom stereocenters. The Kier molecular flexibility index (Phi) is 5.25. The minimum absolute atomic E-state index is 0.0909. The molecular formula is C15H18F2N2O2. The van der Waals surface area contributed by atoms with Crippen LogP contribution in [0, 0.1) is 34.3 Å². The quantitative estimate of drug-likeness (QED) is 0.873. The largest absolute Gasteiger partial charge is 0.481 e. The smallest absolute Gasteiger partial charge is 0.308 e. The normalized spacial score (nSPS) is 12.6. The molecule has 0 heterocycles. The first-order valence-corrected chi connectivity index (χ1v) is 6.50. The summed E-state index contributed by atoms with van der Waals surface area (Å²) in [5, 5.41) is 20.3. The third-order valence-corrected chi connectivity index (χ3v) is 2.90. The fourth-order valence-electron chi connectivity index (χ4n) is 2.02. The SMILES string of the molecule is CC(C)(C)CC(CNc1c(F)cc(C#N)cc1F)C(=O)O. The zero-order chi connectivity index (χ0) is 16.2. The van der Waals surface area contributed by atoms with Crippen molar-refractivity contribution in [3.8, 4) is 6.07 Å². The Balaban J connectivity index is 2.87. The zero-order valence-corrected chi connectivity index (χ0v) is 12.2. The Bertz CT molecular complexity index is 551. The molecule has 1 aromatic carbocycles. The summed E-state index contributed by atoms with van der Waals surface area (Å²) in [7, 11) is 0. The molecule has 2 N–H and O–H groups in total. The zero-order valence-electron chi connectivity index (χ0n) is 12.2. The van der Waals surface area contributed by atoms with Crippen molar-refractivity contribution >= 4 is 11.7 Å². The van der Waals surface area contributed by atoms with Crippen molar-refractivity contribution < 1.29 is 18.7 Å². The van der Waals surface area contributed by atoms with Gasteiger partial charge in [-0.25, -0.2) is 8.78 Å². The molecular weight excluding hydrogens is 278 g/mol. The van der Waals surface area contributed by atoms with Gasteiger partial charge in [0.15, 0.2) is 11.6 Å².